The molecule has 0 radical (unpaired) electrons. The van der Waals surface area contributed by atoms with Crippen molar-refractivity contribution in [3.05, 3.63) is 176 Å². The molecule has 13 heteroatoms. The van der Waals surface area contributed by atoms with Crippen molar-refractivity contribution in [1.82, 2.24) is 25.4 Å². The number of alkyl carbamates (subject to hydrolysis) is 1. The highest BCUT2D eigenvalue weighted by molar-refractivity contribution is 6.30. The molecule has 4 heterocycles. The lowest BCUT2D eigenvalue weighted by molar-refractivity contribution is -0.0336. The van der Waals surface area contributed by atoms with Crippen molar-refractivity contribution in [2.75, 3.05) is 39.3 Å². The Hall–Kier alpha value is -6.18. The number of aromatic amines is 1. The number of benzene rings is 5. The Labute approximate surface area is 371 Å². The predicted molar refractivity (Wildman–Crippen MR) is 243 cm³/mol. The monoisotopic (exact) mass is 869 g/mol. The third-order valence-electron chi connectivity index (χ3n) is 12.0. The number of aliphatic hydroxyl groups excluding tert-OH is 1. The molecule has 1 aromatic heterocycles. The second-order valence-electron chi connectivity index (χ2n) is 16.3. The van der Waals surface area contributed by atoms with Crippen LogP contribution in [0.4, 0.5) is 4.79 Å². The van der Waals surface area contributed by atoms with Gasteiger partial charge >= 0.3 is 6.09 Å². The fourth-order valence-electron chi connectivity index (χ4n) is 8.57. The van der Waals surface area contributed by atoms with E-state index in [9.17, 15) is 24.6 Å². The number of rotatable bonds is 17. The van der Waals surface area contributed by atoms with Crippen LogP contribution in [0.5, 0.6) is 11.5 Å². The number of fused-ring (bicyclic) bond motifs is 4. The lowest BCUT2D eigenvalue weighted by Crippen LogP contribution is -2.52. The number of amides is 2. The standard InChI is InChI=1S/C50H52ClN5O7/c51-39-16-12-33(13-17-39)30-56(25-5-24-52-29-44(58)41-18-20-43(57)48-42(41)19-21-46(59)53-48)49(60)37-14-10-34(11-15-37)32-62-40-9-4-8-38(28-40)47(36-6-2-1-3-7-36)54-50(61)63-45-31-55-26-22-35(45)23-27-55/h1-4,6-21,28,35,44-45,47,52,57-58H,5,22-27,29-32H2,(H,53,59)(H,54,61). The summed E-state index contributed by atoms with van der Waals surface area (Å²) in [5, 5.41) is 28.8. The average molecular weight is 870 g/mol. The molecule has 3 unspecified atom stereocenters. The molecule has 0 saturated carbocycles. The van der Waals surface area contributed by atoms with Gasteiger partial charge < -0.3 is 40.2 Å². The summed E-state index contributed by atoms with van der Waals surface area (Å²) in [4.78, 5) is 45.9. The number of carbonyl (C=O) groups excluding carboxylic acids is 2. The number of phenolic OH excluding ortho intramolecular Hbond substituents is 1. The molecule has 5 aromatic carbocycles. The predicted octanol–water partition coefficient (Wildman–Crippen LogP) is 7.73. The summed E-state index contributed by atoms with van der Waals surface area (Å²) in [6, 6.07) is 38.0. The molecule has 3 saturated heterocycles. The Morgan fingerprint density at radius 3 is 2.37 bits per heavy atom. The molecule has 3 fully saturated rings. The van der Waals surface area contributed by atoms with Crippen LogP contribution in [-0.4, -0.2) is 82.4 Å². The minimum Gasteiger partial charge on any atom is -0.506 e. The van der Waals surface area contributed by atoms with Gasteiger partial charge in [0.15, 0.2) is 0 Å². The third kappa shape index (κ3) is 11.1. The van der Waals surface area contributed by atoms with Crippen LogP contribution in [0.2, 0.25) is 5.02 Å². The Bertz CT molecular complexity index is 2550. The molecule has 2 bridgehead atoms. The van der Waals surface area contributed by atoms with E-state index in [1.165, 1.54) is 12.1 Å². The van der Waals surface area contributed by atoms with Crippen molar-refractivity contribution in [2.45, 2.75) is 50.7 Å². The molecule has 3 aliphatic rings. The number of pyridine rings is 1. The molecule has 6 aromatic rings. The summed E-state index contributed by atoms with van der Waals surface area (Å²) in [6.07, 6.45) is 1.31. The van der Waals surface area contributed by atoms with Crippen molar-refractivity contribution in [3.63, 3.8) is 0 Å². The number of hydrogen-bond donors (Lipinski definition) is 5. The quantitative estimate of drug-likeness (QED) is 0.0579. The van der Waals surface area contributed by atoms with Gasteiger partial charge in [-0.05, 0) is 121 Å². The van der Waals surface area contributed by atoms with E-state index in [0.29, 0.717) is 59.3 Å². The Morgan fingerprint density at radius 1 is 0.873 bits per heavy atom. The van der Waals surface area contributed by atoms with Gasteiger partial charge in [-0.3, -0.25) is 14.5 Å². The number of nitrogens with one attached hydrogen (secondary N) is 3. The van der Waals surface area contributed by atoms with Crippen LogP contribution in [0, 0.1) is 5.92 Å². The highest BCUT2D eigenvalue weighted by Gasteiger charge is 2.37. The van der Waals surface area contributed by atoms with E-state index in [1.54, 1.807) is 29.2 Å². The van der Waals surface area contributed by atoms with E-state index in [0.717, 1.165) is 54.7 Å². The van der Waals surface area contributed by atoms with Crippen LogP contribution in [0.25, 0.3) is 10.9 Å². The van der Waals surface area contributed by atoms with Crippen molar-refractivity contribution < 1.29 is 29.3 Å². The Balaban J connectivity index is 0.877. The molecule has 0 spiro atoms. The SMILES string of the molecule is O=C(NC(c1ccccc1)c1cccc(OCc2ccc(C(=O)N(CCCNCC(O)c3ccc(O)c4[nH]c(=O)ccc34)Cc3ccc(Cl)cc3)cc2)c1)OC1CN2CCC1CC2. The number of aromatic hydroxyl groups is 1. The molecule has 63 heavy (non-hydrogen) atoms. The number of hydrogen-bond acceptors (Lipinski definition) is 9. The first kappa shape index (κ1) is 43.5. The number of aliphatic hydroxyl groups is 1. The topological polar surface area (TPSA) is 156 Å². The molecule has 0 aliphatic carbocycles. The van der Waals surface area contributed by atoms with E-state index >= 15 is 0 Å². The molecule has 2 amide bonds. The molecule has 3 atom stereocenters. The second-order valence-corrected chi connectivity index (χ2v) is 16.8. The van der Waals surface area contributed by atoms with Crippen LogP contribution in [0.1, 0.15) is 69.6 Å². The number of nitrogens with zero attached hydrogens (tertiary/aromatic N) is 2. The Kier molecular flexibility index (Phi) is 14.0. The average Bonchev–Trinajstić information content (AvgIpc) is 3.31. The number of aromatic nitrogens is 1. The van der Waals surface area contributed by atoms with Gasteiger partial charge in [0.05, 0.1) is 17.7 Å². The van der Waals surface area contributed by atoms with Crippen molar-refractivity contribution in [2.24, 2.45) is 5.92 Å². The molecule has 12 nitrogen and oxygen atoms in total. The maximum atomic E-state index is 14.0. The van der Waals surface area contributed by atoms with Gasteiger partial charge in [-0.1, -0.05) is 84.4 Å². The zero-order valence-corrected chi connectivity index (χ0v) is 35.7. The lowest BCUT2D eigenvalue weighted by Gasteiger charge is -2.43. The van der Waals surface area contributed by atoms with Crippen molar-refractivity contribution >= 4 is 34.5 Å². The first-order chi connectivity index (χ1) is 30.7. The fraction of sp³-hybridized carbons (Fsp3) is 0.300. The number of carbonyl (C=O) groups is 2. The first-order valence-electron chi connectivity index (χ1n) is 21.5. The van der Waals surface area contributed by atoms with E-state index in [2.05, 4.69) is 20.5 Å². The highest BCUT2D eigenvalue weighted by Crippen LogP contribution is 2.32. The zero-order chi connectivity index (χ0) is 43.7. The molecule has 3 aliphatic heterocycles. The van der Waals surface area contributed by atoms with Gasteiger partial charge in [0.25, 0.3) is 5.91 Å². The highest BCUT2D eigenvalue weighted by atomic mass is 35.5. The van der Waals surface area contributed by atoms with E-state index in [4.69, 9.17) is 21.1 Å². The first-order valence-corrected chi connectivity index (χ1v) is 21.9. The normalized spacial score (nSPS) is 17.8. The number of halogens is 1. The van der Waals surface area contributed by atoms with Gasteiger partial charge in [-0.25, -0.2) is 4.79 Å². The summed E-state index contributed by atoms with van der Waals surface area (Å²) < 4.78 is 12.3. The smallest absolute Gasteiger partial charge is 0.408 e. The zero-order valence-electron chi connectivity index (χ0n) is 34.9. The van der Waals surface area contributed by atoms with Crippen LogP contribution in [-0.2, 0) is 17.9 Å². The van der Waals surface area contributed by atoms with Gasteiger partial charge in [0, 0.05) is 48.2 Å². The maximum Gasteiger partial charge on any atom is 0.408 e. The van der Waals surface area contributed by atoms with Crippen LogP contribution in [0.15, 0.2) is 132 Å². The van der Waals surface area contributed by atoms with E-state index < -0.39 is 18.2 Å². The fourth-order valence-corrected chi connectivity index (χ4v) is 8.70. The van der Waals surface area contributed by atoms with Gasteiger partial charge in [-0.15, -0.1) is 0 Å². The molecule has 326 valence electrons. The summed E-state index contributed by atoms with van der Waals surface area (Å²) >= 11 is 6.16. The molecular weight excluding hydrogens is 818 g/mol. The molecular formula is C50H52ClN5O7. The number of phenols is 1. The van der Waals surface area contributed by atoms with E-state index in [-0.39, 0.29) is 42.0 Å². The number of H-pyrrole nitrogens is 1. The van der Waals surface area contributed by atoms with Crippen molar-refractivity contribution in [1.29, 1.82) is 0 Å². The molecule has 9 rings (SSSR count). The summed E-state index contributed by atoms with van der Waals surface area (Å²) in [5.41, 5.74) is 4.68. The summed E-state index contributed by atoms with van der Waals surface area (Å²) in [7, 11) is 0. The van der Waals surface area contributed by atoms with Gasteiger partial charge in [0.2, 0.25) is 5.56 Å². The van der Waals surface area contributed by atoms with Gasteiger partial charge in [0.1, 0.15) is 24.2 Å². The van der Waals surface area contributed by atoms with Crippen LogP contribution >= 0.6 is 11.6 Å². The van der Waals surface area contributed by atoms with Crippen LogP contribution < -0.4 is 20.9 Å². The largest absolute Gasteiger partial charge is 0.506 e. The second kappa shape index (κ2) is 20.3. The van der Waals surface area contributed by atoms with Crippen molar-refractivity contribution in [3.8, 4) is 11.5 Å². The van der Waals surface area contributed by atoms with E-state index in [1.807, 2.05) is 91.0 Å². The van der Waals surface area contributed by atoms with Crippen LogP contribution in [0.3, 0.4) is 0 Å². The molecule has 5 N–H and O–H groups in total. The summed E-state index contributed by atoms with van der Waals surface area (Å²) in [6.45, 7) is 4.79. The minimum atomic E-state index is -0.893. The summed E-state index contributed by atoms with van der Waals surface area (Å²) in [5.74, 6) is 0.861. The minimum absolute atomic E-state index is 0.0662. The van der Waals surface area contributed by atoms with Gasteiger partial charge in [-0.2, -0.15) is 0 Å². The number of piperidine rings is 3. The third-order valence-corrected chi connectivity index (χ3v) is 12.3. The number of ether oxygens (including phenoxy) is 2. The lowest BCUT2D eigenvalue weighted by atomic mass is 9.86. The maximum absolute atomic E-state index is 14.0. The Morgan fingerprint density at radius 2 is 1.62 bits per heavy atom.